The van der Waals surface area contributed by atoms with Crippen LogP contribution >= 0.6 is 0 Å². The van der Waals surface area contributed by atoms with Gasteiger partial charge in [0.15, 0.2) is 0 Å². The maximum atomic E-state index is 12.3. The van der Waals surface area contributed by atoms with Gasteiger partial charge in [-0.2, -0.15) is 0 Å². The van der Waals surface area contributed by atoms with Gasteiger partial charge in [-0.25, -0.2) is 9.59 Å². The summed E-state index contributed by atoms with van der Waals surface area (Å²) in [6.45, 7) is 4.24. The Labute approximate surface area is 176 Å². The highest BCUT2D eigenvalue weighted by atomic mass is 16.6. The second-order valence-electron chi connectivity index (χ2n) is 7.09. The van der Waals surface area contributed by atoms with Crippen LogP contribution < -0.4 is 16.0 Å². The second-order valence-corrected chi connectivity index (χ2v) is 7.09. The van der Waals surface area contributed by atoms with Gasteiger partial charge in [-0.1, -0.05) is 50.3 Å². The average molecular weight is 403 g/mol. The minimum atomic E-state index is -0.604. The van der Waals surface area contributed by atoms with E-state index in [1.54, 1.807) is 36.4 Å². The molecule has 3 rings (SSSR count). The van der Waals surface area contributed by atoms with Crippen molar-refractivity contribution < 1.29 is 14.3 Å². The maximum absolute atomic E-state index is 12.3. The van der Waals surface area contributed by atoms with E-state index in [0.29, 0.717) is 28.7 Å². The number of allylic oxidation sites excluding steroid dienone is 5. The predicted octanol–water partition coefficient (Wildman–Crippen LogP) is 6.40. The zero-order valence-electron chi connectivity index (χ0n) is 17.0. The summed E-state index contributed by atoms with van der Waals surface area (Å²) in [5, 5.41) is 8.21. The highest BCUT2D eigenvalue weighted by Gasteiger charge is 2.08. The summed E-state index contributed by atoms with van der Waals surface area (Å²) in [5.74, 6) is 0.888. The lowest BCUT2D eigenvalue weighted by atomic mass is 10.0. The summed E-state index contributed by atoms with van der Waals surface area (Å²) in [7, 11) is 0. The van der Waals surface area contributed by atoms with Crippen LogP contribution in [-0.4, -0.2) is 12.1 Å². The van der Waals surface area contributed by atoms with Crippen molar-refractivity contribution in [1.82, 2.24) is 0 Å². The van der Waals surface area contributed by atoms with Crippen molar-refractivity contribution in [1.29, 1.82) is 0 Å². The molecule has 0 saturated carbocycles. The summed E-state index contributed by atoms with van der Waals surface area (Å²) in [4.78, 5) is 24.4. The smallest absolute Gasteiger partial charge is 0.410 e. The Morgan fingerprint density at radius 2 is 1.60 bits per heavy atom. The number of anilines is 3. The van der Waals surface area contributed by atoms with E-state index in [2.05, 4.69) is 29.8 Å². The Kier molecular flexibility index (Phi) is 7.05. The molecule has 0 aliphatic heterocycles. The number of rotatable bonds is 5. The van der Waals surface area contributed by atoms with Crippen molar-refractivity contribution in [2.24, 2.45) is 0 Å². The summed E-state index contributed by atoms with van der Waals surface area (Å²) in [6.07, 6.45) is 9.36. The molecule has 0 atom stereocenters. The van der Waals surface area contributed by atoms with Gasteiger partial charge in [0.1, 0.15) is 5.76 Å². The van der Waals surface area contributed by atoms with Gasteiger partial charge in [-0.15, -0.1) is 0 Å². The van der Waals surface area contributed by atoms with Gasteiger partial charge in [-0.05, 0) is 60.4 Å². The van der Waals surface area contributed by atoms with Gasteiger partial charge in [0.05, 0.1) is 0 Å². The number of hydrogen-bond donors (Lipinski definition) is 3. The molecule has 0 fully saturated rings. The number of nitrogens with one attached hydrogen (secondary N) is 3. The van der Waals surface area contributed by atoms with E-state index in [1.165, 1.54) is 5.56 Å². The van der Waals surface area contributed by atoms with Crippen LogP contribution in [0.15, 0.2) is 84.7 Å². The van der Waals surface area contributed by atoms with Gasteiger partial charge < -0.3 is 15.4 Å². The predicted molar refractivity (Wildman–Crippen MR) is 121 cm³/mol. The van der Waals surface area contributed by atoms with Gasteiger partial charge in [0.2, 0.25) is 0 Å². The summed E-state index contributed by atoms with van der Waals surface area (Å²) < 4.78 is 5.27. The van der Waals surface area contributed by atoms with E-state index in [4.69, 9.17) is 4.74 Å². The first-order valence-corrected chi connectivity index (χ1v) is 9.80. The highest BCUT2D eigenvalue weighted by molar-refractivity contribution is 6.00. The Balaban J connectivity index is 1.55. The first kappa shape index (κ1) is 20.9. The maximum Gasteiger partial charge on any atom is 0.417 e. The van der Waals surface area contributed by atoms with Crippen molar-refractivity contribution in [2.75, 3.05) is 16.0 Å². The molecule has 0 radical (unpaired) electrons. The molecular formula is C24H25N3O3. The van der Waals surface area contributed by atoms with Crippen molar-refractivity contribution in [3.8, 4) is 0 Å². The van der Waals surface area contributed by atoms with Crippen LogP contribution in [0.5, 0.6) is 0 Å². The topological polar surface area (TPSA) is 79.5 Å². The monoisotopic (exact) mass is 403 g/mol. The Morgan fingerprint density at radius 3 is 2.33 bits per heavy atom. The molecule has 2 aromatic rings. The first-order valence-electron chi connectivity index (χ1n) is 9.80. The zero-order valence-corrected chi connectivity index (χ0v) is 17.0. The van der Waals surface area contributed by atoms with Crippen molar-refractivity contribution in [2.45, 2.75) is 26.2 Å². The number of amides is 3. The zero-order chi connectivity index (χ0) is 21.3. The average Bonchev–Trinajstić information content (AvgIpc) is 2.97. The summed E-state index contributed by atoms with van der Waals surface area (Å²) >= 11 is 0. The SMILES string of the molecule is CC(C)c1ccc(NC(=O)Nc2cccc(NC(=O)OC3=CC=CCC=C3)c2)cc1. The molecule has 154 valence electrons. The molecular weight excluding hydrogens is 378 g/mol. The van der Waals surface area contributed by atoms with Gasteiger partial charge in [0, 0.05) is 17.1 Å². The minimum absolute atomic E-state index is 0.368. The van der Waals surface area contributed by atoms with Crippen LogP contribution in [0.2, 0.25) is 0 Å². The fourth-order valence-electron chi connectivity index (χ4n) is 2.80. The van der Waals surface area contributed by atoms with Crippen LogP contribution in [0.3, 0.4) is 0 Å². The third-order valence-corrected chi connectivity index (χ3v) is 4.36. The molecule has 0 saturated heterocycles. The molecule has 6 nitrogen and oxygen atoms in total. The van der Waals surface area contributed by atoms with Crippen LogP contribution in [-0.2, 0) is 4.74 Å². The first-order chi connectivity index (χ1) is 14.5. The number of carbonyl (C=O) groups excluding carboxylic acids is 2. The quantitative estimate of drug-likeness (QED) is 0.540. The van der Waals surface area contributed by atoms with Crippen LogP contribution in [0.1, 0.15) is 31.7 Å². The molecule has 30 heavy (non-hydrogen) atoms. The molecule has 1 aliphatic rings. The number of ether oxygens (including phenoxy) is 1. The van der Waals surface area contributed by atoms with Crippen molar-refractivity contribution in [3.05, 3.63) is 90.2 Å². The van der Waals surface area contributed by atoms with E-state index in [0.717, 1.165) is 6.42 Å². The molecule has 0 aromatic heterocycles. The molecule has 3 amide bonds. The molecule has 1 aliphatic carbocycles. The number of urea groups is 1. The number of carbonyl (C=O) groups is 2. The lowest BCUT2D eigenvalue weighted by Gasteiger charge is -2.11. The summed E-state index contributed by atoms with van der Waals surface area (Å²) in [6, 6.07) is 14.2. The van der Waals surface area contributed by atoms with E-state index >= 15 is 0 Å². The van der Waals surface area contributed by atoms with Gasteiger partial charge in [-0.3, -0.25) is 5.32 Å². The Hall–Kier alpha value is -3.80. The third-order valence-electron chi connectivity index (χ3n) is 4.36. The van der Waals surface area contributed by atoms with Crippen molar-refractivity contribution >= 4 is 29.2 Å². The van der Waals surface area contributed by atoms with Crippen molar-refractivity contribution in [3.63, 3.8) is 0 Å². The van der Waals surface area contributed by atoms with E-state index in [9.17, 15) is 9.59 Å². The Bertz CT molecular complexity index is 989. The summed E-state index contributed by atoms with van der Waals surface area (Å²) in [5.41, 5.74) is 2.96. The van der Waals surface area contributed by atoms with Crippen LogP contribution in [0.4, 0.5) is 26.7 Å². The Morgan fingerprint density at radius 1 is 0.900 bits per heavy atom. The molecule has 0 heterocycles. The normalized spacial score (nSPS) is 12.7. The van der Waals surface area contributed by atoms with Gasteiger partial charge >= 0.3 is 12.1 Å². The molecule has 6 heteroatoms. The van der Waals surface area contributed by atoms with Crippen LogP contribution in [0, 0.1) is 0 Å². The van der Waals surface area contributed by atoms with Crippen LogP contribution in [0.25, 0.3) is 0 Å². The minimum Gasteiger partial charge on any atom is -0.410 e. The molecule has 0 spiro atoms. The fraction of sp³-hybridized carbons (Fsp3) is 0.167. The molecule has 2 aromatic carbocycles. The molecule has 0 bridgehead atoms. The molecule has 3 N–H and O–H groups in total. The number of hydrogen-bond acceptors (Lipinski definition) is 3. The second kappa shape index (κ2) is 10.1. The lowest BCUT2D eigenvalue weighted by Crippen LogP contribution is -2.19. The lowest BCUT2D eigenvalue weighted by molar-refractivity contribution is 0.195. The van der Waals surface area contributed by atoms with E-state index in [1.807, 2.05) is 42.5 Å². The third kappa shape index (κ3) is 6.38. The van der Waals surface area contributed by atoms with E-state index < -0.39 is 6.09 Å². The standard InChI is InChI=1S/C24H25N3O3/c1-17(2)18-12-14-19(15-13-18)25-23(28)26-20-8-7-9-21(16-20)27-24(29)30-22-10-5-3-4-6-11-22/h3,5-17H,4H2,1-2H3,(H,27,29)(H2,25,26,28). The van der Waals surface area contributed by atoms with Gasteiger partial charge in [0.25, 0.3) is 0 Å². The largest absolute Gasteiger partial charge is 0.417 e. The fourth-order valence-corrected chi connectivity index (χ4v) is 2.80. The number of benzene rings is 2. The molecule has 0 unspecified atom stereocenters. The highest BCUT2D eigenvalue weighted by Crippen LogP contribution is 2.19. The van der Waals surface area contributed by atoms with E-state index in [-0.39, 0.29) is 6.03 Å².